The maximum absolute atomic E-state index is 13.0. The van der Waals surface area contributed by atoms with E-state index < -0.39 is 23.6 Å². The summed E-state index contributed by atoms with van der Waals surface area (Å²) in [6, 6.07) is 15.4. The number of ether oxygens (including phenoxy) is 1. The van der Waals surface area contributed by atoms with E-state index in [1.165, 1.54) is 0 Å². The minimum atomic E-state index is -0.940. The molecule has 1 atom stereocenters. The Bertz CT molecular complexity index is 1020. The number of amides is 2. The molecule has 180 valence electrons. The number of hydrogen-bond acceptors (Lipinski definition) is 5. The number of benzene rings is 2. The molecule has 0 saturated heterocycles. The number of hydrogen-bond donors (Lipinski definition) is 3. The van der Waals surface area contributed by atoms with Crippen molar-refractivity contribution in [2.75, 3.05) is 18.6 Å². The maximum atomic E-state index is 13.0. The second kappa shape index (κ2) is 10.5. The number of carboxylic acid groups (broad SMARTS) is 1. The molecule has 0 heterocycles. The lowest BCUT2D eigenvalue weighted by Crippen LogP contribution is -2.59. The summed E-state index contributed by atoms with van der Waals surface area (Å²) in [5.74, 6) is -0.688. The molecule has 0 unspecified atom stereocenters. The molecule has 0 aromatic heterocycles. The summed E-state index contributed by atoms with van der Waals surface area (Å²) < 4.78 is 5.60. The minimum Gasteiger partial charge on any atom is -0.481 e. The van der Waals surface area contributed by atoms with Gasteiger partial charge in [0.15, 0.2) is 0 Å². The Morgan fingerprint density at radius 3 is 2.24 bits per heavy atom. The molecule has 7 nitrogen and oxygen atoms in total. The molecule has 4 rings (SSSR count). The van der Waals surface area contributed by atoms with E-state index in [0.29, 0.717) is 25.0 Å². The third kappa shape index (κ3) is 5.22. The highest BCUT2D eigenvalue weighted by molar-refractivity contribution is 7.98. The van der Waals surface area contributed by atoms with Gasteiger partial charge in [-0.1, -0.05) is 48.5 Å². The molecule has 8 heteroatoms. The van der Waals surface area contributed by atoms with Crippen LogP contribution in [0.25, 0.3) is 11.1 Å². The van der Waals surface area contributed by atoms with Crippen molar-refractivity contribution in [2.24, 2.45) is 0 Å². The van der Waals surface area contributed by atoms with Gasteiger partial charge in [-0.05, 0) is 59.9 Å². The average molecular weight is 483 g/mol. The number of carboxylic acids is 1. The molecule has 1 saturated carbocycles. The number of alkyl carbamates (subject to hydrolysis) is 1. The molecule has 2 aliphatic rings. The second-order valence-corrected chi connectivity index (χ2v) is 9.98. The lowest BCUT2D eigenvalue weighted by molar-refractivity contribution is -0.140. The Labute approximate surface area is 203 Å². The van der Waals surface area contributed by atoms with E-state index in [-0.39, 0.29) is 24.9 Å². The number of fused-ring (bicyclic) bond motifs is 3. The molecular weight excluding hydrogens is 452 g/mol. The zero-order valence-electron chi connectivity index (χ0n) is 19.2. The normalized spacial score (nSPS) is 16.5. The molecule has 1 fully saturated rings. The van der Waals surface area contributed by atoms with Crippen LogP contribution in [-0.2, 0) is 14.3 Å². The van der Waals surface area contributed by atoms with Crippen LogP contribution in [0.15, 0.2) is 48.5 Å². The third-order valence-electron chi connectivity index (χ3n) is 6.75. The van der Waals surface area contributed by atoms with Gasteiger partial charge in [-0.3, -0.25) is 9.59 Å². The number of carbonyl (C=O) groups is 3. The summed E-state index contributed by atoms with van der Waals surface area (Å²) in [5, 5.41) is 14.8. The van der Waals surface area contributed by atoms with E-state index in [4.69, 9.17) is 4.74 Å². The minimum absolute atomic E-state index is 0.0644. The second-order valence-electron chi connectivity index (χ2n) is 9.00. The van der Waals surface area contributed by atoms with Crippen molar-refractivity contribution in [1.29, 1.82) is 0 Å². The first-order chi connectivity index (χ1) is 16.4. The summed E-state index contributed by atoms with van der Waals surface area (Å²) in [7, 11) is 0. The Kier molecular flexibility index (Phi) is 7.46. The molecule has 2 aromatic carbocycles. The van der Waals surface area contributed by atoms with E-state index in [1.54, 1.807) is 11.8 Å². The number of thioether (sulfide) groups is 1. The van der Waals surface area contributed by atoms with Crippen LogP contribution >= 0.6 is 11.8 Å². The SMILES string of the molecule is CSCC[C@@H](NC(=O)OCC1c2ccccc2-c2ccccc21)C(=O)NC1(CC(=O)O)CCC1. The van der Waals surface area contributed by atoms with Crippen LogP contribution in [0.3, 0.4) is 0 Å². The quantitative estimate of drug-likeness (QED) is 0.470. The van der Waals surface area contributed by atoms with Crippen LogP contribution in [0.1, 0.15) is 49.1 Å². The van der Waals surface area contributed by atoms with E-state index in [9.17, 15) is 19.5 Å². The van der Waals surface area contributed by atoms with Crippen molar-refractivity contribution < 1.29 is 24.2 Å². The smallest absolute Gasteiger partial charge is 0.407 e. The van der Waals surface area contributed by atoms with Gasteiger partial charge in [0.1, 0.15) is 12.6 Å². The first kappa shape index (κ1) is 24.1. The zero-order chi connectivity index (χ0) is 24.1. The van der Waals surface area contributed by atoms with Crippen LogP contribution in [0.4, 0.5) is 4.79 Å². The fourth-order valence-electron chi connectivity index (χ4n) is 4.87. The molecule has 0 spiro atoms. The third-order valence-corrected chi connectivity index (χ3v) is 7.40. The molecular formula is C26H30N2O5S. The van der Waals surface area contributed by atoms with Crippen LogP contribution in [0.5, 0.6) is 0 Å². The largest absolute Gasteiger partial charge is 0.481 e. The Morgan fingerprint density at radius 2 is 1.71 bits per heavy atom. The zero-order valence-corrected chi connectivity index (χ0v) is 20.0. The fourth-order valence-corrected chi connectivity index (χ4v) is 5.35. The molecule has 0 aliphatic heterocycles. The lowest BCUT2D eigenvalue weighted by atomic mass is 9.74. The van der Waals surface area contributed by atoms with Crippen molar-refractivity contribution in [2.45, 2.75) is 49.6 Å². The molecule has 2 aliphatic carbocycles. The van der Waals surface area contributed by atoms with Crippen molar-refractivity contribution in [3.8, 4) is 11.1 Å². The summed E-state index contributed by atoms with van der Waals surface area (Å²) in [5.41, 5.74) is 3.81. The molecule has 2 aromatic rings. The van der Waals surface area contributed by atoms with Gasteiger partial charge in [-0.15, -0.1) is 0 Å². The van der Waals surface area contributed by atoms with Gasteiger partial charge in [0.05, 0.1) is 12.0 Å². The molecule has 2 amide bonds. The van der Waals surface area contributed by atoms with Crippen LogP contribution in [0.2, 0.25) is 0 Å². The Hall–Kier alpha value is -3.00. The number of rotatable bonds is 10. The first-order valence-electron chi connectivity index (χ1n) is 11.6. The molecule has 34 heavy (non-hydrogen) atoms. The van der Waals surface area contributed by atoms with Gasteiger partial charge in [-0.2, -0.15) is 11.8 Å². The van der Waals surface area contributed by atoms with Crippen molar-refractivity contribution >= 4 is 29.7 Å². The fraction of sp³-hybridized carbons (Fsp3) is 0.423. The van der Waals surface area contributed by atoms with E-state index >= 15 is 0 Å². The van der Waals surface area contributed by atoms with Gasteiger partial charge in [-0.25, -0.2) is 4.79 Å². The molecule has 0 radical (unpaired) electrons. The monoisotopic (exact) mass is 482 g/mol. The standard InChI is InChI=1S/C26H30N2O5S/c1-34-14-11-22(24(31)28-26(12-6-13-26)15-23(29)30)27-25(32)33-16-21-19-9-4-2-7-17(19)18-8-3-5-10-20(18)21/h2-5,7-10,21-22H,6,11-16H2,1H3,(H,27,32)(H,28,31)(H,29,30)/t22-/m1/s1. The van der Waals surface area contributed by atoms with Crippen LogP contribution in [-0.4, -0.2) is 53.3 Å². The topological polar surface area (TPSA) is 105 Å². The number of aliphatic carboxylic acids is 1. The predicted octanol–water partition coefficient (Wildman–Crippen LogP) is 4.16. The summed E-state index contributed by atoms with van der Waals surface area (Å²) >= 11 is 1.57. The van der Waals surface area contributed by atoms with Gasteiger partial charge in [0.2, 0.25) is 5.91 Å². The van der Waals surface area contributed by atoms with Gasteiger partial charge < -0.3 is 20.5 Å². The molecule has 3 N–H and O–H groups in total. The first-order valence-corrected chi connectivity index (χ1v) is 13.0. The van der Waals surface area contributed by atoms with Crippen molar-refractivity contribution in [3.63, 3.8) is 0 Å². The van der Waals surface area contributed by atoms with E-state index in [2.05, 4.69) is 34.9 Å². The Morgan fingerprint density at radius 1 is 1.09 bits per heavy atom. The van der Waals surface area contributed by atoms with E-state index in [0.717, 1.165) is 28.7 Å². The lowest BCUT2D eigenvalue weighted by Gasteiger charge is -2.42. The van der Waals surface area contributed by atoms with Gasteiger partial charge >= 0.3 is 12.1 Å². The Balaban J connectivity index is 1.40. The van der Waals surface area contributed by atoms with Gasteiger partial charge in [0, 0.05) is 5.92 Å². The summed E-state index contributed by atoms with van der Waals surface area (Å²) in [6.07, 6.45) is 3.74. The van der Waals surface area contributed by atoms with Crippen LogP contribution < -0.4 is 10.6 Å². The highest BCUT2D eigenvalue weighted by Crippen LogP contribution is 2.44. The number of carbonyl (C=O) groups excluding carboxylic acids is 2. The van der Waals surface area contributed by atoms with Crippen LogP contribution in [0, 0.1) is 0 Å². The van der Waals surface area contributed by atoms with E-state index in [1.807, 2.05) is 30.5 Å². The average Bonchev–Trinajstić information content (AvgIpc) is 3.12. The predicted molar refractivity (Wildman–Crippen MR) is 132 cm³/mol. The number of nitrogens with one attached hydrogen (secondary N) is 2. The maximum Gasteiger partial charge on any atom is 0.407 e. The highest BCUT2D eigenvalue weighted by Gasteiger charge is 2.41. The summed E-state index contributed by atoms with van der Waals surface area (Å²) in [4.78, 5) is 36.9. The highest BCUT2D eigenvalue weighted by atomic mass is 32.2. The van der Waals surface area contributed by atoms with Gasteiger partial charge in [0.25, 0.3) is 0 Å². The van der Waals surface area contributed by atoms with Crippen molar-refractivity contribution in [3.05, 3.63) is 59.7 Å². The van der Waals surface area contributed by atoms with Crippen molar-refractivity contribution in [1.82, 2.24) is 10.6 Å². The molecule has 0 bridgehead atoms. The summed E-state index contributed by atoms with van der Waals surface area (Å²) in [6.45, 7) is 0.166.